The largest absolute Gasteiger partial charge is 0.497 e. The minimum absolute atomic E-state index is 0.121. The highest BCUT2D eigenvalue weighted by molar-refractivity contribution is 6.71. The summed E-state index contributed by atoms with van der Waals surface area (Å²) in [5.74, 6) is 0.400. The lowest BCUT2D eigenvalue weighted by molar-refractivity contribution is 0.00578. The Bertz CT molecular complexity index is 1000. The van der Waals surface area contributed by atoms with Gasteiger partial charge in [0.2, 0.25) is 0 Å². The molecular weight excluding hydrogens is 402 g/mol. The van der Waals surface area contributed by atoms with Crippen LogP contribution in [0.4, 0.5) is 4.39 Å². The van der Waals surface area contributed by atoms with Gasteiger partial charge in [-0.3, -0.25) is 0 Å². The average Bonchev–Trinajstić information content (AvgIpc) is 2.82. The van der Waals surface area contributed by atoms with Crippen molar-refractivity contribution in [2.45, 2.75) is 58.2 Å². The lowest BCUT2D eigenvalue weighted by Gasteiger charge is -2.32. The Hall–Kier alpha value is -1.82. The maximum absolute atomic E-state index is 14.3. The summed E-state index contributed by atoms with van der Waals surface area (Å²) in [6.45, 7) is 8.17. The molecule has 0 radical (unpaired) electrons. The first-order valence-electron chi connectivity index (χ1n) is 10.3. The molecule has 4 rings (SSSR count). The third kappa shape index (κ3) is 3.68. The van der Waals surface area contributed by atoms with Crippen LogP contribution in [0.3, 0.4) is 0 Å². The van der Waals surface area contributed by atoms with Crippen LogP contribution < -0.4 is 4.74 Å². The van der Waals surface area contributed by atoms with E-state index in [2.05, 4.69) is 12.1 Å². The first-order chi connectivity index (χ1) is 14.1. The van der Waals surface area contributed by atoms with E-state index < -0.39 is 24.1 Å². The molecule has 0 N–H and O–H groups in total. The van der Waals surface area contributed by atoms with Crippen molar-refractivity contribution in [1.29, 1.82) is 0 Å². The summed E-state index contributed by atoms with van der Waals surface area (Å²) in [5, 5.41) is 0.121. The quantitative estimate of drug-likeness (QED) is 0.532. The molecule has 1 aliphatic heterocycles. The van der Waals surface area contributed by atoms with Crippen LogP contribution in [0.25, 0.3) is 11.0 Å². The van der Waals surface area contributed by atoms with Crippen molar-refractivity contribution in [3.63, 3.8) is 0 Å². The second-order valence-corrected chi connectivity index (χ2v) is 9.39. The van der Waals surface area contributed by atoms with Crippen molar-refractivity contribution >= 4 is 29.8 Å². The first-order valence-corrected chi connectivity index (χ1v) is 10.7. The smallest absolute Gasteiger partial charge is 0.495 e. The third-order valence-electron chi connectivity index (χ3n) is 6.56. The van der Waals surface area contributed by atoms with Crippen LogP contribution in [0.1, 0.15) is 57.2 Å². The molecule has 158 valence electrons. The number of fused-ring (bicyclic) bond motifs is 1. The zero-order chi connectivity index (χ0) is 21.7. The van der Waals surface area contributed by atoms with Gasteiger partial charge in [0.15, 0.2) is 0 Å². The van der Waals surface area contributed by atoms with Crippen LogP contribution >= 0.6 is 11.6 Å². The highest BCUT2D eigenvalue weighted by atomic mass is 35.5. The Morgan fingerprint density at radius 2 is 1.70 bits per heavy atom. The van der Waals surface area contributed by atoms with Gasteiger partial charge >= 0.3 is 7.12 Å². The van der Waals surface area contributed by atoms with Gasteiger partial charge in [-0.25, -0.2) is 4.39 Å². The number of methoxy groups -OCH3 is 1. The van der Waals surface area contributed by atoms with Crippen LogP contribution in [0.2, 0.25) is 5.02 Å². The van der Waals surface area contributed by atoms with E-state index >= 15 is 0 Å². The molecule has 0 unspecified atom stereocenters. The van der Waals surface area contributed by atoms with Gasteiger partial charge in [-0.1, -0.05) is 23.7 Å². The molecule has 1 heterocycles. The van der Waals surface area contributed by atoms with Crippen LogP contribution in [-0.4, -0.2) is 25.4 Å². The summed E-state index contributed by atoms with van der Waals surface area (Å²) >= 11 is 5.95. The molecular formula is C24H27BClFO3. The van der Waals surface area contributed by atoms with Crippen LogP contribution in [-0.2, 0) is 15.7 Å². The summed E-state index contributed by atoms with van der Waals surface area (Å²) in [7, 11) is 1.12. The lowest BCUT2D eigenvalue weighted by Crippen LogP contribution is -2.41. The molecule has 0 atom stereocenters. The van der Waals surface area contributed by atoms with Gasteiger partial charge in [-0.15, -0.1) is 0 Å². The molecule has 0 saturated carbocycles. The molecule has 30 heavy (non-hydrogen) atoms. The highest BCUT2D eigenvalue weighted by Gasteiger charge is 2.53. The van der Waals surface area contributed by atoms with Gasteiger partial charge < -0.3 is 14.0 Å². The second-order valence-electron chi connectivity index (χ2n) is 8.99. The second kappa shape index (κ2) is 7.70. The summed E-state index contributed by atoms with van der Waals surface area (Å²) in [6.07, 6.45) is 2.62. The molecule has 2 aliphatic rings. The highest BCUT2D eigenvalue weighted by Crippen LogP contribution is 2.46. The Morgan fingerprint density at radius 3 is 2.33 bits per heavy atom. The molecule has 0 amide bonds. The molecule has 3 nitrogen and oxygen atoms in total. The average molecular weight is 429 g/mol. The number of allylic oxidation sites excluding steroid dienone is 1. The Morgan fingerprint density at radius 1 is 1.00 bits per heavy atom. The number of rotatable bonds is 3. The molecule has 1 saturated heterocycles. The van der Waals surface area contributed by atoms with E-state index in [9.17, 15) is 4.39 Å². The minimum Gasteiger partial charge on any atom is -0.497 e. The van der Waals surface area contributed by atoms with E-state index in [0.29, 0.717) is 0 Å². The van der Waals surface area contributed by atoms with E-state index in [1.54, 1.807) is 13.2 Å². The Labute approximate surface area is 183 Å². The SMILES string of the molecule is COc1ccc2c(c1)CCCC(c1ccc(Cl)c(F)c1)=C2B1OC(C)(C)C(C)(C)O1. The molecule has 6 heteroatoms. The molecule has 0 bridgehead atoms. The third-order valence-corrected chi connectivity index (χ3v) is 6.86. The minimum atomic E-state index is -0.547. The summed E-state index contributed by atoms with van der Waals surface area (Å²) in [5.41, 5.74) is 4.12. The fraction of sp³-hybridized carbons (Fsp3) is 0.417. The van der Waals surface area contributed by atoms with Crippen LogP contribution in [0.15, 0.2) is 36.4 Å². The standard InChI is InChI=1S/C24H27BClFO3/c1-23(2)24(3,4)30-25(29-23)22-18(16-9-12-20(26)21(27)14-16)8-6-7-15-13-17(28-5)10-11-19(15)22/h9-14H,6-8H2,1-5H3. The topological polar surface area (TPSA) is 27.7 Å². The number of hydrogen-bond acceptors (Lipinski definition) is 3. The molecule has 1 aliphatic carbocycles. The summed E-state index contributed by atoms with van der Waals surface area (Å²) < 4.78 is 32.7. The van der Waals surface area contributed by atoms with E-state index in [1.165, 1.54) is 11.6 Å². The van der Waals surface area contributed by atoms with Crippen molar-refractivity contribution in [2.75, 3.05) is 7.11 Å². The summed E-state index contributed by atoms with van der Waals surface area (Å²) in [6, 6.07) is 11.1. The van der Waals surface area contributed by atoms with Gasteiger partial charge in [-0.2, -0.15) is 0 Å². The van der Waals surface area contributed by atoms with Crippen molar-refractivity contribution in [2.24, 2.45) is 0 Å². The van der Waals surface area contributed by atoms with Gasteiger partial charge in [0.1, 0.15) is 11.6 Å². The van der Waals surface area contributed by atoms with Crippen molar-refractivity contribution in [3.8, 4) is 5.75 Å². The Balaban J connectivity index is 1.93. The van der Waals surface area contributed by atoms with E-state index in [4.69, 9.17) is 25.6 Å². The van der Waals surface area contributed by atoms with Gasteiger partial charge in [0.25, 0.3) is 0 Å². The number of hydrogen-bond donors (Lipinski definition) is 0. The zero-order valence-electron chi connectivity index (χ0n) is 18.1. The number of halogens is 2. The number of benzene rings is 2. The molecule has 2 aromatic rings. The van der Waals surface area contributed by atoms with Gasteiger partial charge in [0.05, 0.1) is 23.3 Å². The predicted molar refractivity (Wildman–Crippen MR) is 120 cm³/mol. The van der Waals surface area contributed by atoms with Crippen molar-refractivity contribution < 1.29 is 18.4 Å². The Kier molecular flexibility index (Phi) is 5.50. The van der Waals surface area contributed by atoms with Crippen LogP contribution in [0.5, 0.6) is 5.75 Å². The van der Waals surface area contributed by atoms with E-state index in [-0.39, 0.29) is 5.02 Å². The molecule has 2 aromatic carbocycles. The number of ether oxygens (including phenoxy) is 1. The fourth-order valence-corrected chi connectivity index (χ4v) is 4.25. The molecule has 1 fully saturated rings. The maximum Gasteiger partial charge on any atom is 0.495 e. The van der Waals surface area contributed by atoms with Gasteiger partial charge in [0, 0.05) is 0 Å². The van der Waals surface area contributed by atoms with E-state index in [0.717, 1.165) is 47.2 Å². The van der Waals surface area contributed by atoms with Crippen LogP contribution in [0, 0.1) is 5.82 Å². The lowest BCUT2D eigenvalue weighted by atomic mass is 9.69. The van der Waals surface area contributed by atoms with Gasteiger partial charge in [-0.05, 0) is 99.0 Å². The number of aryl methyl sites for hydroxylation is 1. The summed E-state index contributed by atoms with van der Waals surface area (Å²) in [4.78, 5) is 0. The maximum atomic E-state index is 14.3. The molecule has 0 aromatic heterocycles. The predicted octanol–water partition coefficient (Wildman–Crippen LogP) is 6.37. The first kappa shape index (κ1) is 21.4. The molecule has 0 spiro atoms. The van der Waals surface area contributed by atoms with Crippen molar-refractivity contribution in [3.05, 3.63) is 63.9 Å². The normalized spacial score (nSPS) is 20.2. The van der Waals surface area contributed by atoms with Crippen molar-refractivity contribution in [1.82, 2.24) is 0 Å². The van der Waals surface area contributed by atoms with E-state index in [1.807, 2.05) is 39.8 Å². The monoisotopic (exact) mass is 428 g/mol. The fourth-order valence-electron chi connectivity index (χ4n) is 4.13. The zero-order valence-corrected chi connectivity index (χ0v) is 18.9.